The third-order valence-corrected chi connectivity index (χ3v) is 2.49. The number of nitro groups is 1. The fraction of sp³-hybridized carbons (Fsp3) is 0.182. The molecule has 17 heavy (non-hydrogen) atoms. The number of hydrogen-bond acceptors (Lipinski definition) is 5. The molecule has 1 heterocycles. The summed E-state index contributed by atoms with van der Waals surface area (Å²) in [6.45, 7) is 1.92. The maximum Gasteiger partial charge on any atom is 0.270 e. The molecule has 6 heteroatoms. The van der Waals surface area contributed by atoms with Gasteiger partial charge in [0.1, 0.15) is 0 Å². The van der Waals surface area contributed by atoms with Gasteiger partial charge in [-0.1, -0.05) is 24.2 Å². The van der Waals surface area contributed by atoms with E-state index in [1.165, 1.54) is 12.1 Å². The highest BCUT2D eigenvalue weighted by atomic mass is 16.6. The summed E-state index contributed by atoms with van der Waals surface area (Å²) in [5, 5.41) is 14.4. The lowest BCUT2D eigenvalue weighted by atomic mass is 10.1. The first-order chi connectivity index (χ1) is 8.13. The average Bonchev–Trinajstić information content (AvgIpc) is 2.70. The molecule has 0 saturated heterocycles. The maximum atomic E-state index is 10.7. The molecule has 1 aromatic carbocycles. The number of aromatic nitrogens is 1. The number of nitro benzene ring substituents is 1. The second-order valence-electron chi connectivity index (χ2n) is 3.54. The third-order valence-electron chi connectivity index (χ3n) is 2.49. The molecule has 0 aliphatic rings. The average molecular weight is 233 g/mol. The van der Waals surface area contributed by atoms with Crippen molar-refractivity contribution in [1.82, 2.24) is 5.16 Å². The first-order valence-corrected chi connectivity index (χ1v) is 5.12. The predicted octanol–water partition coefficient (Wildman–Crippen LogP) is 2.39. The smallest absolute Gasteiger partial charge is 0.270 e. The van der Waals surface area contributed by atoms with Gasteiger partial charge in [-0.15, -0.1) is 0 Å². The fourth-order valence-corrected chi connectivity index (χ4v) is 1.65. The zero-order valence-corrected chi connectivity index (χ0v) is 9.21. The molecule has 0 unspecified atom stereocenters. The molecular formula is C11H11N3O3. The topological polar surface area (TPSA) is 95.2 Å². The summed E-state index contributed by atoms with van der Waals surface area (Å²) < 4.78 is 5.11. The third kappa shape index (κ3) is 1.96. The standard InChI is InChI=1S/C11H11N3O3/c1-2-9-10(17-13-11(9)12)7-4-3-5-8(6-7)14(15)16/h3-6H,2H2,1H3,(H2,12,13). The number of rotatable bonds is 3. The Bertz CT molecular complexity index is 563. The number of benzene rings is 1. The van der Waals surface area contributed by atoms with Crippen LogP contribution in [0.15, 0.2) is 28.8 Å². The van der Waals surface area contributed by atoms with Crippen LogP contribution in [-0.4, -0.2) is 10.1 Å². The minimum absolute atomic E-state index is 0.0134. The number of non-ortho nitro benzene ring substituents is 1. The Morgan fingerprint density at radius 1 is 1.53 bits per heavy atom. The van der Waals surface area contributed by atoms with E-state index in [2.05, 4.69) is 5.16 Å². The van der Waals surface area contributed by atoms with E-state index in [9.17, 15) is 10.1 Å². The summed E-state index contributed by atoms with van der Waals surface area (Å²) in [4.78, 5) is 10.2. The normalized spacial score (nSPS) is 10.4. The molecule has 0 fully saturated rings. The van der Waals surface area contributed by atoms with Gasteiger partial charge in [-0.2, -0.15) is 0 Å². The molecule has 0 bridgehead atoms. The van der Waals surface area contributed by atoms with Gasteiger partial charge >= 0.3 is 0 Å². The number of nitrogen functional groups attached to an aromatic ring is 1. The Balaban J connectivity index is 2.52. The van der Waals surface area contributed by atoms with Gasteiger partial charge in [-0.05, 0) is 6.42 Å². The van der Waals surface area contributed by atoms with Crippen LogP contribution in [0.4, 0.5) is 11.5 Å². The summed E-state index contributed by atoms with van der Waals surface area (Å²) in [7, 11) is 0. The van der Waals surface area contributed by atoms with Crippen LogP contribution in [0.5, 0.6) is 0 Å². The lowest BCUT2D eigenvalue weighted by Gasteiger charge is -1.99. The van der Waals surface area contributed by atoms with Crippen LogP contribution >= 0.6 is 0 Å². The molecule has 1 aromatic heterocycles. The number of nitrogens with zero attached hydrogens (tertiary/aromatic N) is 2. The van der Waals surface area contributed by atoms with Crippen LogP contribution in [-0.2, 0) is 6.42 Å². The Hall–Kier alpha value is -2.37. The number of anilines is 1. The monoisotopic (exact) mass is 233 g/mol. The minimum Gasteiger partial charge on any atom is -0.381 e. The number of nitrogens with two attached hydrogens (primary N) is 1. The summed E-state index contributed by atoms with van der Waals surface area (Å²) in [6, 6.07) is 6.20. The molecule has 0 spiro atoms. The van der Waals surface area contributed by atoms with E-state index in [0.29, 0.717) is 23.6 Å². The Labute approximate surface area is 97.2 Å². The lowest BCUT2D eigenvalue weighted by molar-refractivity contribution is -0.384. The van der Waals surface area contributed by atoms with Crippen molar-refractivity contribution in [3.05, 3.63) is 39.9 Å². The summed E-state index contributed by atoms with van der Waals surface area (Å²) >= 11 is 0. The van der Waals surface area contributed by atoms with Crippen molar-refractivity contribution in [2.24, 2.45) is 0 Å². The molecule has 0 aliphatic carbocycles. The van der Waals surface area contributed by atoms with Crippen LogP contribution < -0.4 is 5.73 Å². The van der Waals surface area contributed by atoms with E-state index in [0.717, 1.165) is 5.56 Å². The molecule has 2 aromatic rings. The van der Waals surface area contributed by atoms with E-state index in [-0.39, 0.29) is 5.69 Å². The van der Waals surface area contributed by atoms with Gasteiger partial charge in [0.25, 0.3) is 5.69 Å². The van der Waals surface area contributed by atoms with Gasteiger partial charge in [-0.25, -0.2) is 0 Å². The van der Waals surface area contributed by atoms with Crippen LogP contribution in [0.25, 0.3) is 11.3 Å². The summed E-state index contributed by atoms with van der Waals surface area (Å²) in [6.07, 6.45) is 0.660. The molecule has 0 radical (unpaired) electrons. The maximum absolute atomic E-state index is 10.7. The first kappa shape index (κ1) is 11.1. The SMILES string of the molecule is CCc1c(N)noc1-c1cccc([N+](=O)[O-])c1. The molecule has 0 aliphatic heterocycles. The van der Waals surface area contributed by atoms with Crippen molar-refractivity contribution in [3.63, 3.8) is 0 Å². The van der Waals surface area contributed by atoms with Crippen LogP contribution in [0.1, 0.15) is 12.5 Å². The van der Waals surface area contributed by atoms with Crippen molar-refractivity contribution >= 4 is 11.5 Å². The van der Waals surface area contributed by atoms with E-state index >= 15 is 0 Å². The molecule has 88 valence electrons. The Morgan fingerprint density at radius 3 is 2.94 bits per heavy atom. The summed E-state index contributed by atoms with van der Waals surface area (Å²) in [5.41, 5.74) is 7.04. The highest BCUT2D eigenvalue weighted by Gasteiger charge is 2.16. The zero-order valence-electron chi connectivity index (χ0n) is 9.21. The van der Waals surface area contributed by atoms with Crippen molar-refractivity contribution in [2.45, 2.75) is 13.3 Å². The second kappa shape index (κ2) is 4.25. The highest BCUT2D eigenvalue weighted by Crippen LogP contribution is 2.30. The second-order valence-corrected chi connectivity index (χ2v) is 3.54. The molecule has 0 amide bonds. The van der Waals surface area contributed by atoms with Gasteiger partial charge in [0.2, 0.25) is 0 Å². The molecular weight excluding hydrogens is 222 g/mol. The molecule has 2 N–H and O–H groups in total. The largest absolute Gasteiger partial charge is 0.381 e. The molecule has 6 nitrogen and oxygen atoms in total. The van der Waals surface area contributed by atoms with Crippen LogP contribution in [0.3, 0.4) is 0 Å². The van der Waals surface area contributed by atoms with E-state index < -0.39 is 4.92 Å². The molecule has 2 rings (SSSR count). The van der Waals surface area contributed by atoms with Gasteiger partial charge in [-0.3, -0.25) is 10.1 Å². The quantitative estimate of drug-likeness (QED) is 0.648. The van der Waals surface area contributed by atoms with Gasteiger partial charge < -0.3 is 10.3 Å². The van der Waals surface area contributed by atoms with Gasteiger partial charge in [0, 0.05) is 23.3 Å². The van der Waals surface area contributed by atoms with E-state index in [1.54, 1.807) is 12.1 Å². The van der Waals surface area contributed by atoms with E-state index in [1.807, 2.05) is 6.92 Å². The number of hydrogen-bond donors (Lipinski definition) is 1. The highest BCUT2D eigenvalue weighted by molar-refractivity contribution is 5.68. The Kier molecular flexibility index (Phi) is 2.78. The lowest BCUT2D eigenvalue weighted by Crippen LogP contribution is -1.92. The van der Waals surface area contributed by atoms with Gasteiger partial charge in [0.15, 0.2) is 11.6 Å². The van der Waals surface area contributed by atoms with Crippen molar-refractivity contribution in [3.8, 4) is 11.3 Å². The fourth-order valence-electron chi connectivity index (χ4n) is 1.65. The van der Waals surface area contributed by atoms with Crippen LogP contribution in [0, 0.1) is 10.1 Å². The Morgan fingerprint density at radius 2 is 2.29 bits per heavy atom. The zero-order chi connectivity index (χ0) is 12.4. The van der Waals surface area contributed by atoms with Crippen molar-refractivity contribution in [2.75, 3.05) is 5.73 Å². The predicted molar refractivity (Wildman–Crippen MR) is 62.4 cm³/mol. The molecule has 0 saturated carbocycles. The molecule has 0 atom stereocenters. The van der Waals surface area contributed by atoms with Gasteiger partial charge in [0.05, 0.1) is 4.92 Å². The van der Waals surface area contributed by atoms with Crippen molar-refractivity contribution in [1.29, 1.82) is 0 Å². The van der Waals surface area contributed by atoms with E-state index in [4.69, 9.17) is 10.3 Å². The first-order valence-electron chi connectivity index (χ1n) is 5.12. The summed E-state index contributed by atoms with van der Waals surface area (Å²) in [5.74, 6) is 0.822. The van der Waals surface area contributed by atoms with Crippen molar-refractivity contribution < 1.29 is 9.45 Å². The van der Waals surface area contributed by atoms with Crippen LogP contribution in [0.2, 0.25) is 0 Å². The minimum atomic E-state index is -0.450.